The van der Waals surface area contributed by atoms with Crippen molar-refractivity contribution in [2.45, 2.75) is 33.1 Å². The number of fused-ring (bicyclic) bond motifs is 1. The van der Waals surface area contributed by atoms with Crippen molar-refractivity contribution in [3.63, 3.8) is 0 Å². The summed E-state index contributed by atoms with van der Waals surface area (Å²) in [6.07, 6.45) is 0. The lowest BCUT2D eigenvalue weighted by molar-refractivity contribution is -0.0500. The summed E-state index contributed by atoms with van der Waals surface area (Å²) in [4.78, 5) is 18.9. The third kappa shape index (κ3) is 3.15. The molecule has 2 N–H and O–H groups in total. The van der Waals surface area contributed by atoms with Gasteiger partial charge in [0.15, 0.2) is 5.65 Å². The summed E-state index contributed by atoms with van der Waals surface area (Å²) in [5.41, 5.74) is -0.0230. The average molecular weight is 368 g/mol. The molecule has 0 spiro atoms. The number of aromatic nitrogens is 4. The van der Waals surface area contributed by atoms with E-state index >= 15 is 0 Å². The van der Waals surface area contributed by atoms with Gasteiger partial charge < -0.3 is 14.8 Å². The molecular weight excluding hydrogens is 353 g/mol. The van der Waals surface area contributed by atoms with Crippen LogP contribution in [0.5, 0.6) is 5.75 Å². The molecule has 0 saturated carbocycles. The van der Waals surface area contributed by atoms with Crippen LogP contribution in [0.2, 0.25) is 0 Å². The first-order valence-electron chi connectivity index (χ1n) is 7.65. The monoisotopic (exact) mass is 368 g/mol. The van der Waals surface area contributed by atoms with Crippen LogP contribution in [0.15, 0.2) is 23.0 Å². The fraction of sp³-hybridized carbons (Fsp3) is 0.312. The molecular formula is C16H15F3N4O3. The van der Waals surface area contributed by atoms with Crippen molar-refractivity contribution in [2.75, 3.05) is 0 Å². The number of alkyl halides is 2. The molecule has 0 radical (unpaired) electrons. The normalized spacial score (nSPS) is 12.7. The Morgan fingerprint density at radius 1 is 1.38 bits per heavy atom. The fourth-order valence-corrected chi connectivity index (χ4v) is 2.76. The number of nitrogens with zero attached hydrogens (tertiary/aromatic N) is 3. The van der Waals surface area contributed by atoms with E-state index < -0.39 is 30.6 Å². The molecule has 2 aromatic heterocycles. The maximum atomic E-state index is 14.4. The zero-order chi connectivity index (χ0) is 19.0. The minimum atomic E-state index is -3.06. The van der Waals surface area contributed by atoms with Gasteiger partial charge in [0.2, 0.25) is 0 Å². The number of aryl methyl sites for hydroxylation is 1. The number of benzene rings is 1. The molecule has 0 aliphatic rings. The first-order chi connectivity index (χ1) is 12.3. The second-order valence-electron chi connectivity index (χ2n) is 5.64. The molecule has 0 aliphatic carbocycles. The number of hydrogen-bond acceptors (Lipinski definition) is 5. The van der Waals surface area contributed by atoms with Crippen LogP contribution in [-0.2, 0) is 6.61 Å². The molecule has 0 amide bonds. The van der Waals surface area contributed by atoms with Crippen molar-refractivity contribution in [2.24, 2.45) is 0 Å². The summed E-state index contributed by atoms with van der Waals surface area (Å²) in [6, 6.07) is 2.64. The van der Waals surface area contributed by atoms with Crippen molar-refractivity contribution < 1.29 is 23.0 Å². The van der Waals surface area contributed by atoms with Gasteiger partial charge in [-0.05, 0) is 19.9 Å². The molecule has 1 atom stereocenters. The van der Waals surface area contributed by atoms with E-state index in [2.05, 4.69) is 19.8 Å². The lowest BCUT2D eigenvalue weighted by atomic mass is 10.1. The number of halogens is 3. The van der Waals surface area contributed by atoms with E-state index in [-0.39, 0.29) is 28.0 Å². The summed E-state index contributed by atoms with van der Waals surface area (Å²) in [5.74, 6) is -0.742. The number of H-pyrrole nitrogens is 1. The molecule has 0 unspecified atom stereocenters. The molecule has 3 rings (SSSR count). The van der Waals surface area contributed by atoms with Crippen molar-refractivity contribution >= 4 is 11.0 Å². The molecule has 1 aromatic carbocycles. The lowest BCUT2D eigenvalue weighted by Crippen LogP contribution is -2.14. The second kappa shape index (κ2) is 6.79. The number of hydrogen-bond donors (Lipinski definition) is 2. The number of aliphatic hydroxyl groups is 1. The largest absolute Gasteiger partial charge is 0.435 e. The van der Waals surface area contributed by atoms with Gasteiger partial charge in [0, 0.05) is 11.6 Å². The summed E-state index contributed by atoms with van der Waals surface area (Å²) < 4.78 is 44.4. The minimum Gasteiger partial charge on any atom is -0.435 e. The Morgan fingerprint density at radius 3 is 2.73 bits per heavy atom. The topological polar surface area (TPSA) is 93.0 Å². The van der Waals surface area contributed by atoms with Gasteiger partial charge in [-0.1, -0.05) is 6.07 Å². The fourth-order valence-electron chi connectivity index (χ4n) is 2.76. The van der Waals surface area contributed by atoms with Gasteiger partial charge >= 0.3 is 6.61 Å². The first-order valence-corrected chi connectivity index (χ1v) is 7.65. The van der Waals surface area contributed by atoms with E-state index in [4.69, 9.17) is 0 Å². The minimum absolute atomic E-state index is 0.110. The third-order valence-corrected chi connectivity index (χ3v) is 3.92. The highest BCUT2D eigenvalue weighted by atomic mass is 19.3. The molecule has 0 bridgehead atoms. The SMILES string of the molecule is Cc1nc2c(c(CO)nn2[C@@H](C)c2ccc(OC(F)F)cc2F)c(=O)[nH]1. The molecule has 0 saturated heterocycles. The Labute approximate surface area is 145 Å². The predicted molar refractivity (Wildman–Crippen MR) is 85.7 cm³/mol. The standard InChI is InChI=1S/C16H15F3N4O3/c1-7(10-4-3-9(5-11(10)17)26-16(18)19)23-14-13(12(6-24)22-23)15(25)21-8(2)20-14/h3-5,7,16,24H,6H2,1-2H3,(H,20,21,25)/t7-/m0/s1. The Morgan fingerprint density at radius 2 is 2.12 bits per heavy atom. The van der Waals surface area contributed by atoms with Crippen LogP contribution in [0.4, 0.5) is 13.2 Å². The molecule has 0 fully saturated rings. The molecule has 0 aliphatic heterocycles. The van der Waals surface area contributed by atoms with Crippen molar-refractivity contribution in [3.05, 3.63) is 51.5 Å². The lowest BCUT2D eigenvalue weighted by Gasteiger charge is -2.15. The summed E-state index contributed by atoms with van der Waals surface area (Å²) >= 11 is 0. The van der Waals surface area contributed by atoms with Gasteiger partial charge in [0.25, 0.3) is 5.56 Å². The molecule has 138 valence electrons. The van der Waals surface area contributed by atoms with Gasteiger partial charge in [-0.2, -0.15) is 13.9 Å². The van der Waals surface area contributed by atoms with Crippen LogP contribution in [0.25, 0.3) is 11.0 Å². The summed E-state index contributed by atoms with van der Waals surface area (Å²) in [7, 11) is 0. The maximum Gasteiger partial charge on any atom is 0.387 e. The highest BCUT2D eigenvalue weighted by molar-refractivity contribution is 5.77. The van der Waals surface area contributed by atoms with Crippen LogP contribution in [-0.4, -0.2) is 31.5 Å². The average Bonchev–Trinajstić information content (AvgIpc) is 2.92. The smallest absolute Gasteiger partial charge is 0.387 e. The van der Waals surface area contributed by atoms with Crippen molar-refractivity contribution in [1.82, 2.24) is 19.7 Å². The van der Waals surface area contributed by atoms with E-state index in [9.17, 15) is 23.1 Å². The van der Waals surface area contributed by atoms with E-state index in [0.29, 0.717) is 5.82 Å². The number of ether oxygens (including phenoxy) is 1. The maximum absolute atomic E-state index is 14.4. The van der Waals surface area contributed by atoms with Crippen LogP contribution in [0.1, 0.15) is 30.0 Å². The zero-order valence-electron chi connectivity index (χ0n) is 13.8. The Kier molecular flexibility index (Phi) is 4.68. The number of rotatable bonds is 5. The predicted octanol–water partition coefficient (Wildman–Crippen LogP) is 2.27. The third-order valence-electron chi connectivity index (χ3n) is 3.92. The highest BCUT2D eigenvalue weighted by Gasteiger charge is 2.22. The highest BCUT2D eigenvalue weighted by Crippen LogP contribution is 2.27. The Hall–Kier alpha value is -2.88. The summed E-state index contributed by atoms with van der Waals surface area (Å²) in [5, 5.41) is 13.7. The summed E-state index contributed by atoms with van der Waals surface area (Å²) in [6.45, 7) is -0.358. The quantitative estimate of drug-likeness (QED) is 0.721. The van der Waals surface area contributed by atoms with E-state index in [1.165, 1.54) is 16.8 Å². The Balaban J connectivity index is 2.11. The van der Waals surface area contributed by atoms with Crippen molar-refractivity contribution in [1.29, 1.82) is 0 Å². The second-order valence-corrected chi connectivity index (χ2v) is 5.64. The van der Waals surface area contributed by atoms with Gasteiger partial charge in [0.1, 0.15) is 28.5 Å². The van der Waals surface area contributed by atoms with Crippen molar-refractivity contribution in [3.8, 4) is 5.75 Å². The van der Waals surface area contributed by atoms with Crippen LogP contribution < -0.4 is 10.3 Å². The van der Waals surface area contributed by atoms with Crippen LogP contribution in [0.3, 0.4) is 0 Å². The Bertz CT molecular complexity index is 1020. The molecule has 26 heavy (non-hydrogen) atoms. The van der Waals surface area contributed by atoms with E-state index in [0.717, 1.165) is 6.07 Å². The molecule has 2 heterocycles. The van der Waals surface area contributed by atoms with Gasteiger partial charge in [-0.25, -0.2) is 14.1 Å². The van der Waals surface area contributed by atoms with E-state index in [1.807, 2.05) is 0 Å². The van der Waals surface area contributed by atoms with E-state index in [1.54, 1.807) is 13.8 Å². The van der Waals surface area contributed by atoms with Gasteiger partial charge in [-0.3, -0.25) is 4.79 Å². The van der Waals surface area contributed by atoms with Crippen LogP contribution in [0, 0.1) is 12.7 Å². The molecule has 7 nitrogen and oxygen atoms in total. The number of aliphatic hydroxyl groups excluding tert-OH is 1. The zero-order valence-corrected chi connectivity index (χ0v) is 13.8. The first kappa shape index (κ1) is 17.9. The number of nitrogens with one attached hydrogen (secondary N) is 1. The molecule has 10 heteroatoms. The molecule has 3 aromatic rings. The van der Waals surface area contributed by atoms with Gasteiger partial charge in [0.05, 0.1) is 12.6 Å². The van der Waals surface area contributed by atoms with Gasteiger partial charge in [-0.15, -0.1) is 0 Å². The van der Waals surface area contributed by atoms with Crippen LogP contribution >= 0.6 is 0 Å². The number of aromatic amines is 1.